The molecule has 1 aliphatic heterocycles. The van der Waals surface area contributed by atoms with Crippen LogP contribution in [0.1, 0.15) is 42.0 Å². The van der Waals surface area contributed by atoms with Crippen LogP contribution in [0.2, 0.25) is 0 Å². The van der Waals surface area contributed by atoms with Crippen LogP contribution in [0.25, 0.3) is 11.0 Å². The molecule has 4 rings (SSSR count). The smallest absolute Gasteiger partial charge is 0.257 e. The molecule has 1 amide bonds. The van der Waals surface area contributed by atoms with Crippen LogP contribution < -0.4 is 0 Å². The van der Waals surface area contributed by atoms with Gasteiger partial charge in [-0.05, 0) is 18.2 Å². The van der Waals surface area contributed by atoms with Crippen molar-refractivity contribution in [3.05, 3.63) is 59.9 Å². The molecule has 25 heavy (non-hydrogen) atoms. The molecule has 5 nitrogen and oxygen atoms in total. The number of carbonyl (C=O) groups is 1. The van der Waals surface area contributed by atoms with Gasteiger partial charge in [0.25, 0.3) is 5.91 Å². The molecule has 0 bridgehead atoms. The number of amides is 1. The van der Waals surface area contributed by atoms with E-state index in [9.17, 15) is 9.18 Å². The number of para-hydroxylation sites is 2. The molecule has 1 aromatic carbocycles. The van der Waals surface area contributed by atoms with Gasteiger partial charge in [0.15, 0.2) is 5.82 Å². The Morgan fingerprint density at radius 2 is 2.00 bits per heavy atom. The van der Waals surface area contributed by atoms with Crippen LogP contribution in [0.4, 0.5) is 4.39 Å². The van der Waals surface area contributed by atoms with E-state index in [1.807, 2.05) is 18.2 Å². The molecule has 0 atom stereocenters. The molecule has 1 aliphatic rings. The molecule has 3 heterocycles. The number of pyridine rings is 1. The Morgan fingerprint density at radius 1 is 1.24 bits per heavy atom. The van der Waals surface area contributed by atoms with Gasteiger partial charge in [-0.3, -0.25) is 9.78 Å². The molecule has 2 aromatic heterocycles. The zero-order valence-electron chi connectivity index (χ0n) is 14.2. The van der Waals surface area contributed by atoms with Crippen molar-refractivity contribution in [2.75, 3.05) is 13.1 Å². The number of halogens is 1. The standard InChI is InChI=1S/C19H19FN4O/c1-12(2)18-22-16-5-3-4-6-17(16)24(18)13-10-23(11-13)19(25)14-7-8-21-9-15(14)20/h3-9,12-13H,10-11H2,1-2H3. The maximum atomic E-state index is 13.8. The van der Waals surface area contributed by atoms with Crippen LogP contribution in [0, 0.1) is 5.82 Å². The number of rotatable bonds is 3. The first kappa shape index (κ1) is 15.7. The van der Waals surface area contributed by atoms with Crippen LogP contribution in [-0.2, 0) is 0 Å². The van der Waals surface area contributed by atoms with Crippen molar-refractivity contribution in [2.45, 2.75) is 25.8 Å². The Hall–Kier alpha value is -2.76. The highest BCUT2D eigenvalue weighted by Crippen LogP contribution is 2.31. The minimum absolute atomic E-state index is 0.0769. The lowest BCUT2D eigenvalue weighted by Crippen LogP contribution is -2.51. The summed E-state index contributed by atoms with van der Waals surface area (Å²) in [6.07, 6.45) is 2.51. The van der Waals surface area contributed by atoms with E-state index in [0.29, 0.717) is 13.1 Å². The van der Waals surface area contributed by atoms with Crippen LogP contribution >= 0.6 is 0 Å². The van der Waals surface area contributed by atoms with E-state index < -0.39 is 5.82 Å². The monoisotopic (exact) mass is 338 g/mol. The van der Waals surface area contributed by atoms with Gasteiger partial charge < -0.3 is 9.47 Å². The molecular weight excluding hydrogens is 319 g/mol. The summed E-state index contributed by atoms with van der Waals surface area (Å²) in [5, 5.41) is 0. The van der Waals surface area contributed by atoms with Gasteiger partial charge in [0.05, 0.1) is 28.8 Å². The van der Waals surface area contributed by atoms with E-state index in [0.717, 1.165) is 23.1 Å². The second-order valence-electron chi connectivity index (χ2n) is 6.70. The van der Waals surface area contributed by atoms with Gasteiger partial charge in [0.1, 0.15) is 5.82 Å². The van der Waals surface area contributed by atoms with E-state index in [1.54, 1.807) is 4.90 Å². The van der Waals surface area contributed by atoms with Gasteiger partial charge >= 0.3 is 0 Å². The fourth-order valence-corrected chi connectivity index (χ4v) is 3.36. The first-order valence-electron chi connectivity index (χ1n) is 8.42. The molecule has 0 saturated carbocycles. The SMILES string of the molecule is CC(C)c1nc2ccccc2n1C1CN(C(=O)c2ccncc2F)C1. The fourth-order valence-electron chi connectivity index (χ4n) is 3.36. The third-order valence-electron chi connectivity index (χ3n) is 4.66. The van der Waals surface area contributed by atoms with Crippen molar-refractivity contribution < 1.29 is 9.18 Å². The number of aromatic nitrogens is 3. The number of benzene rings is 1. The predicted molar refractivity (Wildman–Crippen MR) is 93.0 cm³/mol. The zero-order chi connectivity index (χ0) is 17.6. The topological polar surface area (TPSA) is 51.0 Å². The molecule has 1 fully saturated rings. The van der Waals surface area contributed by atoms with Crippen LogP contribution in [0.5, 0.6) is 0 Å². The maximum Gasteiger partial charge on any atom is 0.257 e. The summed E-state index contributed by atoms with van der Waals surface area (Å²) in [5.41, 5.74) is 2.13. The van der Waals surface area contributed by atoms with Crippen molar-refractivity contribution in [1.29, 1.82) is 0 Å². The lowest BCUT2D eigenvalue weighted by atomic mass is 10.0. The van der Waals surface area contributed by atoms with Gasteiger partial charge in [-0.25, -0.2) is 9.37 Å². The van der Waals surface area contributed by atoms with E-state index >= 15 is 0 Å². The molecule has 0 unspecified atom stereocenters. The van der Waals surface area contributed by atoms with Gasteiger partial charge in [0.2, 0.25) is 0 Å². The maximum absolute atomic E-state index is 13.8. The molecule has 128 valence electrons. The summed E-state index contributed by atoms with van der Waals surface area (Å²) in [5.74, 6) is 0.446. The number of hydrogen-bond donors (Lipinski definition) is 0. The van der Waals surface area contributed by atoms with Crippen molar-refractivity contribution in [3.63, 3.8) is 0 Å². The van der Waals surface area contributed by atoms with Crippen LogP contribution in [0.3, 0.4) is 0 Å². The molecule has 3 aromatic rings. The molecule has 6 heteroatoms. The Bertz CT molecular complexity index is 944. The second kappa shape index (κ2) is 5.95. The highest BCUT2D eigenvalue weighted by atomic mass is 19.1. The molecule has 0 N–H and O–H groups in total. The van der Waals surface area contributed by atoms with Crippen molar-refractivity contribution in [1.82, 2.24) is 19.4 Å². The Morgan fingerprint density at radius 3 is 2.72 bits per heavy atom. The van der Waals surface area contributed by atoms with E-state index in [-0.39, 0.29) is 23.4 Å². The summed E-state index contributed by atoms with van der Waals surface area (Å²) in [6, 6.07) is 9.63. The number of fused-ring (bicyclic) bond motifs is 1. The largest absolute Gasteiger partial charge is 0.334 e. The molecule has 1 saturated heterocycles. The van der Waals surface area contributed by atoms with E-state index in [1.165, 1.54) is 12.3 Å². The Kier molecular flexibility index (Phi) is 3.75. The zero-order valence-corrected chi connectivity index (χ0v) is 14.2. The summed E-state index contributed by atoms with van der Waals surface area (Å²) in [6.45, 7) is 5.35. The molecule has 0 aliphatic carbocycles. The van der Waals surface area contributed by atoms with Crippen molar-refractivity contribution >= 4 is 16.9 Å². The van der Waals surface area contributed by atoms with Crippen LogP contribution in [-0.4, -0.2) is 38.4 Å². The lowest BCUT2D eigenvalue weighted by Gasteiger charge is -2.41. The highest BCUT2D eigenvalue weighted by Gasteiger charge is 2.35. The van der Waals surface area contributed by atoms with Crippen molar-refractivity contribution in [3.8, 4) is 0 Å². The molecular formula is C19H19FN4O. The molecule has 0 radical (unpaired) electrons. The second-order valence-corrected chi connectivity index (χ2v) is 6.70. The summed E-state index contributed by atoms with van der Waals surface area (Å²) < 4.78 is 16.0. The van der Waals surface area contributed by atoms with Crippen LogP contribution in [0.15, 0.2) is 42.7 Å². The lowest BCUT2D eigenvalue weighted by molar-refractivity contribution is 0.0516. The minimum Gasteiger partial charge on any atom is -0.334 e. The summed E-state index contributed by atoms with van der Waals surface area (Å²) in [7, 11) is 0. The third kappa shape index (κ3) is 2.58. The first-order chi connectivity index (χ1) is 12.1. The van der Waals surface area contributed by atoms with E-state index in [2.05, 4.69) is 29.5 Å². The predicted octanol–water partition coefficient (Wildman–Crippen LogP) is 3.39. The third-order valence-corrected chi connectivity index (χ3v) is 4.66. The summed E-state index contributed by atoms with van der Waals surface area (Å²) >= 11 is 0. The quantitative estimate of drug-likeness (QED) is 0.735. The molecule has 0 spiro atoms. The fraction of sp³-hybridized carbons (Fsp3) is 0.316. The minimum atomic E-state index is -0.577. The number of nitrogens with zero attached hydrogens (tertiary/aromatic N) is 4. The van der Waals surface area contributed by atoms with Crippen molar-refractivity contribution in [2.24, 2.45) is 0 Å². The Labute approximate surface area is 145 Å². The average molecular weight is 338 g/mol. The highest BCUT2D eigenvalue weighted by molar-refractivity contribution is 5.95. The van der Waals surface area contributed by atoms with Gasteiger partial charge in [0, 0.05) is 25.2 Å². The number of carbonyl (C=O) groups excluding carboxylic acids is 1. The Balaban J connectivity index is 1.60. The van der Waals surface area contributed by atoms with Gasteiger partial charge in [-0.2, -0.15) is 0 Å². The number of imidazole rings is 1. The number of hydrogen-bond acceptors (Lipinski definition) is 3. The van der Waals surface area contributed by atoms with Gasteiger partial charge in [-0.15, -0.1) is 0 Å². The van der Waals surface area contributed by atoms with E-state index in [4.69, 9.17) is 4.98 Å². The average Bonchev–Trinajstić information content (AvgIpc) is 2.94. The normalized spacial score (nSPS) is 15.0. The van der Waals surface area contributed by atoms with Gasteiger partial charge in [-0.1, -0.05) is 26.0 Å². The first-order valence-corrected chi connectivity index (χ1v) is 8.42. The number of likely N-dealkylation sites (tertiary alicyclic amines) is 1. The summed E-state index contributed by atoms with van der Waals surface area (Å²) in [4.78, 5) is 22.6.